The van der Waals surface area contributed by atoms with Gasteiger partial charge >= 0.3 is 5.97 Å². The molecular formula is C18H19NO3. The third-order valence-corrected chi connectivity index (χ3v) is 3.33. The first-order valence-corrected chi connectivity index (χ1v) is 6.88. The summed E-state index contributed by atoms with van der Waals surface area (Å²) in [5.74, 6) is -0.336. The van der Waals surface area contributed by atoms with Gasteiger partial charge in [0.1, 0.15) is 5.75 Å². The molecule has 0 radical (unpaired) electrons. The molecule has 0 aromatic heterocycles. The first-order chi connectivity index (χ1) is 10.5. The minimum atomic E-state index is -0.968. The summed E-state index contributed by atoms with van der Waals surface area (Å²) in [5.41, 5.74) is 2.75. The summed E-state index contributed by atoms with van der Waals surface area (Å²) in [4.78, 5) is 13.6. The van der Waals surface area contributed by atoms with Gasteiger partial charge in [-0.3, -0.25) is 0 Å². The Hall–Kier alpha value is -2.75. The van der Waals surface area contributed by atoms with E-state index in [0.29, 0.717) is 11.3 Å². The Bertz CT molecular complexity index is 688. The zero-order valence-corrected chi connectivity index (χ0v) is 12.9. The lowest BCUT2D eigenvalue weighted by atomic mass is 10.0. The van der Waals surface area contributed by atoms with Gasteiger partial charge in [-0.2, -0.15) is 0 Å². The van der Waals surface area contributed by atoms with Gasteiger partial charge < -0.3 is 14.7 Å². The quantitative estimate of drug-likeness (QED) is 0.679. The summed E-state index contributed by atoms with van der Waals surface area (Å²) < 4.78 is 5.15. The van der Waals surface area contributed by atoms with Crippen molar-refractivity contribution in [1.82, 2.24) is 0 Å². The molecule has 0 spiro atoms. The smallest absolute Gasteiger partial charge is 0.336 e. The summed E-state index contributed by atoms with van der Waals surface area (Å²) in [5, 5.41) is 9.48. The number of ether oxygens (including phenoxy) is 1. The first-order valence-electron chi connectivity index (χ1n) is 6.88. The Morgan fingerprint density at radius 2 is 1.82 bits per heavy atom. The van der Waals surface area contributed by atoms with Crippen LogP contribution in [0.25, 0.3) is 11.6 Å². The van der Waals surface area contributed by atoms with Crippen LogP contribution in [0, 0.1) is 0 Å². The van der Waals surface area contributed by atoms with Crippen molar-refractivity contribution in [2.75, 3.05) is 26.1 Å². The zero-order valence-electron chi connectivity index (χ0n) is 12.9. The molecule has 0 fully saturated rings. The molecule has 0 amide bonds. The molecule has 0 saturated heterocycles. The summed E-state index contributed by atoms with van der Waals surface area (Å²) in [7, 11) is 5.48. The van der Waals surface area contributed by atoms with Gasteiger partial charge in [0.15, 0.2) is 0 Å². The second-order valence-electron chi connectivity index (χ2n) is 5.08. The van der Waals surface area contributed by atoms with Gasteiger partial charge in [-0.15, -0.1) is 0 Å². The van der Waals surface area contributed by atoms with E-state index in [2.05, 4.69) is 0 Å². The highest BCUT2D eigenvalue weighted by molar-refractivity contribution is 6.20. The van der Waals surface area contributed by atoms with Crippen LogP contribution in [0.4, 0.5) is 5.69 Å². The normalized spacial score (nSPS) is 11.1. The molecule has 4 heteroatoms. The summed E-state index contributed by atoms with van der Waals surface area (Å²) in [6.07, 6.45) is 1.66. The molecule has 4 nitrogen and oxygen atoms in total. The zero-order chi connectivity index (χ0) is 16.1. The number of methoxy groups -OCH3 is 1. The van der Waals surface area contributed by atoms with E-state index in [1.54, 1.807) is 37.5 Å². The van der Waals surface area contributed by atoms with Crippen LogP contribution in [0.15, 0.2) is 48.5 Å². The Morgan fingerprint density at radius 1 is 1.14 bits per heavy atom. The van der Waals surface area contributed by atoms with Crippen LogP contribution in [-0.4, -0.2) is 32.3 Å². The second kappa shape index (κ2) is 6.80. The average molecular weight is 297 g/mol. The van der Waals surface area contributed by atoms with E-state index >= 15 is 0 Å². The van der Waals surface area contributed by atoms with Crippen LogP contribution >= 0.6 is 0 Å². The van der Waals surface area contributed by atoms with Crippen molar-refractivity contribution in [2.24, 2.45) is 0 Å². The van der Waals surface area contributed by atoms with Gasteiger partial charge in [-0.25, -0.2) is 4.79 Å². The molecule has 2 aromatic rings. The molecule has 2 aromatic carbocycles. The number of carbonyl (C=O) groups is 1. The standard InChI is InChI=1S/C18H19NO3/c1-19(2)15-9-7-13(8-10-15)11-17(18(20)21)14-5-4-6-16(12-14)22-3/h4-12H,1-3H3,(H,20,21)/b17-11+. The van der Waals surface area contributed by atoms with Crippen LogP contribution in [0.2, 0.25) is 0 Å². The molecule has 22 heavy (non-hydrogen) atoms. The fraction of sp³-hybridized carbons (Fsp3) is 0.167. The van der Waals surface area contributed by atoms with Gasteiger partial charge in [0, 0.05) is 19.8 Å². The minimum Gasteiger partial charge on any atom is -0.497 e. The van der Waals surface area contributed by atoms with Crippen LogP contribution in [-0.2, 0) is 4.79 Å². The number of nitrogens with zero attached hydrogens (tertiary/aromatic N) is 1. The Labute approximate surface area is 130 Å². The molecule has 0 heterocycles. The third kappa shape index (κ3) is 3.67. The number of rotatable bonds is 5. The second-order valence-corrected chi connectivity index (χ2v) is 5.08. The number of aliphatic carboxylic acids is 1. The summed E-state index contributed by atoms with van der Waals surface area (Å²) in [6.45, 7) is 0. The number of benzene rings is 2. The SMILES string of the molecule is COc1cccc(/C(=C\c2ccc(N(C)C)cc2)C(=O)O)c1. The highest BCUT2D eigenvalue weighted by atomic mass is 16.5. The van der Waals surface area contributed by atoms with Crippen LogP contribution in [0.3, 0.4) is 0 Å². The van der Waals surface area contributed by atoms with Crippen molar-refractivity contribution in [3.63, 3.8) is 0 Å². The molecular weight excluding hydrogens is 278 g/mol. The molecule has 0 aliphatic heterocycles. The number of anilines is 1. The fourth-order valence-electron chi connectivity index (χ4n) is 2.09. The maximum Gasteiger partial charge on any atom is 0.336 e. The third-order valence-electron chi connectivity index (χ3n) is 3.33. The molecule has 0 atom stereocenters. The maximum atomic E-state index is 11.6. The highest BCUT2D eigenvalue weighted by Gasteiger charge is 2.11. The Balaban J connectivity index is 2.40. The van der Waals surface area contributed by atoms with E-state index in [0.717, 1.165) is 11.3 Å². The number of hydrogen-bond acceptors (Lipinski definition) is 3. The first kappa shape index (κ1) is 15.6. The van der Waals surface area contributed by atoms with Gasteiger partial charge in [0.25, 0.3) is 0 Å². The number of carboxylic acids is 1. The average Bonchev–Trinajstić information content (AvgIpc) is 2.52. The predicted octanol–water partition coefficient (Wildman–Crippen LogP) is 3.39. The number of hydrogen-bond donors (Lipinski definition) is 1. The summed E-state index contributed by atoms with van der Waals surface area (Å²) in [6, 6.07) is 14.8. The fourth-order valence-corrected chi connectivity index (χ4v) is 2.09. The lowest BCUT2D eigenvalue weighted by Gasteiger charge is -2.12. The number of carboxylic acid groups (broad SMARTS) is 1. The molecule has 114 valence electrons. The topological polar surface area (TPSA) is 49.8 Å². The van der Waals surface area contributed by atoms with Gasteiger partial charge in [0.05, 0.1) is 12.7 Å². The molecule has 2 rings (SSSR count). The van der Waals surface area contributed by atoms with Gasteiger partial charge in [-0.05, 0) is 41.5 Å². The van der Waals surface area contributed by atoms with E-state index in [-0.39, 0.29) is 5.57 Å². The minimum absolute atomic E-state index is 0.233. The lowest BCUT2D eigenvalue weighted by molar-refractivity contribution is -0.130. The van der Waals surface area contributed by atoms with Crippen LogP contribution < -0.4 is 9.64 Å². The van der Waals surface area contributed by atoms with E-state index in [4.69, 9.17) is 4.74 Å². The molecule has 0 aliphatic rings. The largest absolute Gasteiger partial charge is 0.497 e. The highest BCUT2D eigenvalue weighted by Crippen LogP contribution is 2.23. The van der Waals surface area contributed by atoms with E-state index in [1.165, 1.54) is 0 Å². The van der Waals surface area contributed by atoms with Crippen molar-refractivity contribution >= 4 is 23.3 Å². The lowest BCUT2D eigenvalue weighted by Crippen LogP contribution is -2.08. The molecule has 0 aliphatic carbocycles. The van der Waals surface area contributed by atoms with Crippen molar-refractivity contribution in [3.05, 3.63) is 59.7 Å². The molecule has 0 unspecified atom stereocenters. The van der Waals surface area contributed by atoms with E-state index < -0.39 is 5.97 Å². The predicted molar refractivity (Wildman–Crippen MR) is 89.3 cm³/mol. The van der Waals surface area contributed by atoms with Crippen LogP contribution in [0.5, 0.6) is 5.75 Å². The molecule has 1 N–H and O–H groups in total. The van der Waals surface area contributed by atoms with E-state index in [1.807, 2.05) is 43.3 Å². The van der Waals surface area contributed by atoms with Crippen molar-refractivity contribution in [2.45, 2.75) is 0 Å². The maximum absolute atomic E-state index is 11.6. The van der Waals surface area contributed by atoms with Crippen molar-refractivity contribution < 1.29 is 14.6 Å². The van der Waals surface area contributed by atoms with Crippen molar-refractivity contribution in [1.29, 1.82) is 0 Å². The van der Waals surface area contributed by atoms with E-state index in [9.17, 15) is 9.90 Å². The monoisotopic (exact) mass is 297 g/mol. The van der Waals surface area contributed by atoms with Gasteiger partial charge in [-0.1, -0.05) is 24.3 Å². The molecule has 0 saturated carbocycles. The summed E-state index contributed by atoms with van der Waals surface area (Å²) >= 11 is 0. The van der Waals surface area contributed by atoms with Crippen molar-refractivity contribution in [3.8, 4) is 5.75 Å². The Morgan fingerprint density at radius 3 is 2.36 bits per heavy atom. The molecule has 0 bridgehead atoms. The Kier molecular flexibility index (Phi) is 4.84. The van der Waals surface area contributed by atoms with Crippen LogP contribution in [0.1, 0.15) is 11.1 Å². The van der Waals surface area contributed by atoms with Gasteiger partial charge in [0.2, 0.25) is 0 Å².